The molecule has 2 saturated heterocycles. The molecular weight excluding hydrogens is 588 g/mol. The van der Waals surface area contributed by atoms with Crippen LogP contribution in [0.5, 0.6) is 0 Å². The Balaban J connectivity index is 0.000000248. The number of sulfone groups is 2. The van der Waals surface area contributed by atoms with E-state index in [9.17, 15) is 21.6 Å². The van der Waals surface area contributed by atoms with Crippen LogP contribution in [0, 0.1) is 0 Å². The molecule has 43 heavy (non-hydrogen) atoms. The predicted molar refractivity (Wildman–Crippen MR) is 174 cm³/mol. The average Bonchev–Trinajstić information content (AvgIpc) is 2.93. The first kappa shape index (κ1) is 34.7. The van der Waals surface area contributed by atoms with Crippen LogP contribution in [0.2, 0.25) is 0 Å². The molecule has 5 N–H and O–H groups in total. The monoisotopic (exact) mass is 636 g/mol. The second kappa shape index (κ2) is 15.8. The van der Waals surface area contributed by atoms with Gasteiger partial charge in [0.2, 0.25) is 0 Å². The van der Waals surface area contributed by atoms with Gasteiger partial charge < -0.3 is 26.4 Å². The summed E-state index contributed by atoms with van der Waals surface area (Å²) >= 11 is 0. The van der Waals surface area contributed by atoms with Gasteiger partial charge in [0, 0.05) is 30.0 Å². The molecule has 0 atom stereocenters. The van der Waals surface area contributed by atoms with Crippen molar-refractivity contribution in [3.8, 4) is 0 Å². The van der Waals surface area contributed by atoms with E-state index in [-0.39, 0.29) is 23.6 Å². The Hall–Kier alpha value is -2.83. The lowest BCUT2D eigenvalue weighted by Gasteiger charge is -2.24. The minimum atomic E-state index is -2.83. The van der Waals surface area contributed by atoms with Crippen LogP contribution in [0.1, 0.15) is 57.6 Å². The summed E-state index contributed by atoms with van der Waals surface area (Å²) in [6.07, 6.45) is 3.93. The van der Waals surface area contributed by atoms with Crippen molar-refractivity contribution in [2.24, 2.45) is 5.73 Å². The Labute approximate surface area is 257 Å². The van der Waals surface area contributed by atoms with Gasteiger partial charge in [-0.25, -0.2) is 21.6 Å². The number of anilines is 2. The number of hydrogen-bond acceptors (Lipinski definition) is 9. The van der Waals surface area contributed by atoms with Crippen LogP contribution >= 0.6 is 0 Å². The van der Waals surface area contributed by atoms with Gasteiger partial charge in [0.25, 0.3) is 0 Å². The third-order valence-electron chi connectivity index (χ3n) is 7.27. The summed E-state index contributed by atoms with van der Waals surface area (Å²) in [4.78, 5) is 11.6. The maximum absolute atomic E-state index is 11.6. The van der Waals surface area contributed by atoms with E-state index in [2.05, 4.69) is 28.1 Å². The lowest BCUT2D eigenvalue weighted by atomic mass is 10.1. The first-order valence-electron chi connectivity index (χ1n) is 15.0. The molecule has 4 rings (SSSR count). The Bertz CT molecular complexity index is 1340. The second-order valence-corrected chi connectivity index (χ2v) is 16.9. The number of ether oxygens (including phenoxy) is 1. The number of nitrogens with two attached hydrogens (primary N) is 1. The van der Waals surface area contributed by atoms with Crippen molar-refractivity contribution < 1.29 is 26.4 Å². The summed E-state index contributed by atoms with van der Waals surface area (Å²) in [7, 11) is -5.60. The predicted octanol–water partition coefficient (Wildman–Crippen LogP) is 3.92. The molecule has 0 unspecified atom stereocenters. The zero-order valence-corrected chi connectivity index (χ0v) is 27.2. The van der Waals surface area contributed by atoms with Crippen LogP contribution in [0.3, 0.4) is 0 Å². The molecule has 10 nitrogen and oxygen atoms in total. The highest BCUT2D eigenvalue weighted by molar-refractivity contribution is 7.91. The molecule has 0 spiro atoms. The molecule has 2 aromatic carbocycles. The quantitative estimate of drug-likeness (QED) is 0.320. The van der Waals surface area contributed by atoms with E-state index in [4.69, 9.17) is 10.5 Å². The lowest BCUT2D eigenvalue weighted by molar-refractivity contribution is 0.0528. The zero-order chi connectivity index (χ0) is 31.5. The summed E-state index contributed by atoms with van der Waals surface area (Å²) in [6, 6.07) is 16.7. The molecule has 1 amide bonds. The second-order valence-electron chi connectivity index (χ2n) is 12.3. The van der Waals surface area contributed by atoms with Crippen molar-refractivity contribution in [2.75, 3.05) is 46.7 Å². The summed E-state index contributed by atoms with van der Waals surface area (Å²) in [5.41, 5.74) is 9.41. The van der Waals surface area contributed by atoms with Crippen molar-refractivity contribution in [2.45, 2.75) is 77.0 Å². The zero-order valence-electron chi connectivity index (χ0n) is 25.6. The number of rotatable bonds is 9. The van der Waals surface area contributed by atoms with Crippen molar-refractivity contribution in [1.29, 1.82) is 0 Å². The van der Waals surface area contributed by atoms with Crippen molar-refractivity contribution in [3.05, 3.63) is 59.7 Å². The maximum atomic E-state index is 11.6. The molecule has 0 radical (unpaired) electrons. The summed E-state index contributed by atoms with van der Waals surface area (Å²) in [5, 5.41) is 9.53. The van der Waals surface area contributed by atoms with E-state index in [1.807, 2.05) is 57.2 Å². The normalized spacial score (nSPS) is 18.5. The molecular formula is C31H48N4O6S2. The number of carbonyl (C=O) groups excluding carboxylic acids is 1. The van der Waals surface area contributed by atoms with Gasteiger partial charge in [-0.2, -0.15) is 0 Å². The fraction of sp³-hybridized carbons (Fsp3) is 0.581. The molecule has 2 aliphatic rings. The molecule has 2 aliphatic heterocycles. The van der Waals surface area contributed by atoms with Crippen LogP contribution in [-0.4, -0.2) is 76.7 Å². The Morgan fingerprint density at radius 1 is 0.744 bits per heavy atom. The highest BCUT2D eigenvalue weighted by Gasteiger charge is 2.24. The largest absolute Gasteiger partial charge is 0.444 e. The maximum Gasteiger partial charge on any atom is 0.407 e. The van der Waals surface area contributed by atoms with Crippen LogP contribution in [-0.2, 0) is 37.3 Å². The van der Waals surface area contributed by atoms with Gasteiger partial charge in [-0.3, -0.25) is 0 Å². The lowest BCUT2D eigenvalue weighted by Crippen LogP contribution is -2.33. The van der Waals surface area contributed by atoms with Crippen LogP contribution in [0.4, 0.5) is 16.2 Å². The number of carbonyl (C=O) groups is 1. The summed E-state index contributed by atoms with van der Waals surface area (Å²) in [6.45, 7) is 6.68. The summed E-state index contributed by atoms with van der Waals surface area (Å²) in [5.74, 6) is 1.13. The van der Waals surface area contributed by atoms with Gasteiger partial charge in [-0.05, 0) is 101 Å². The molecule has 2 heterocycles. The molecule has 0 aromatic heterocycles. The minimum Gasteiger partial charge on any atom is -0.444 e. The smallest absolute Gasteiger partial charge is 0.407 e. The number of alkyl carbamates (subject to hydrolysis) is 1. The van der Waals surface area contributed by atoms with Gasteiger partial charge in [0.15, 0.2) is 0 Å². The number of nitrogens with one attached hydrogen (secondary N) is 3. The highest BCUT2D eigenvalue weighted by Crippen LogP contribution is 2.20. The van der Waals surface area contributed by atoms with Crippen LogP contribution < -0.4 is 21.7 Å². The van der Waals surface area contributed by atoms with E-state index in [0.717, 1.165) is 29.8 Å². The van der Waals surface area contributed by atoms with E-state index >= 15 is 0 Å². The molecule has 2 fully saturated rings. The topological polar surface area (TPSA) is 157 Å². The van der Waals surface area contributed by atoms with Crippen molar-refractivity contribution >= 4 is 37.1 Å². The molecule has 0 aliphatic carbocycles. The van der Waals surface area contributed by atoms with E-state index in [1.165, 1.54) is 5.56 Å². The Morgan fingerprint density at radius 2 is 1.14 bits per heavy atom. The van der Waals surface area contributed by atoms with Gasteiger partial charge >= 0.3 is 6.09 Å². The Morgan fingerprint density at radius 3 is 1.51 bits per heavy atom. The molecule has 2 aromatic rings. The number of benzene rings is 2. The van der Waals surface area contributed by atoms with Crippen molar-refractivity contribution in [3.63, 3.8) is 0 Å². The van der Waals surface area contributed by atoms with Gasteiger partial charge in [-0.15, -0.1) is 0 Å². The van der Waals surface area contributed by atoms with E-state index < -0.39 is 31.4 Å². The van der Waals surface area contributed by atoms with Crippen molar-refractivity contribution in [1.82, 2.24) is 5.32 Å². The van der Waals surface area contributed by atoms with E-state index in [1.54, 1.807) is 0 Å². The first-order valence-corrected chi connectivity index (χ1v) is 18.6. The van der Waals surface area contributed by atoms with Gasteiger partial charge in [0.1, 0.15) is 25.3 Å². The summed E-state index contributed by atoms with van der Waals surface area (Å²) < 4.78 is 50.7. The van der Waals surface area contributed by atoms with Crippen LogP contribution in [0.25, 0.3) is 0 Å². The highest BCUT2D eigenvalue weighted by atomic mass is 32.2. The minimum absolute atomic E-state index is 0.211. The Kier molecular flexibility index (Phi) is 12.7. The molecule has 0 saturated carbocycles. The fourth-order valence-electron chi connectivity index (χ4n) is 4.87. The van der Waals surface area contributed by atoms with Gasteiger partial charge in [-0.1, -0.05) is 24.3 Å². The standard InChI is InChI=1S/C18H28N2O4S.C13H20N2O2S/c1-18(2,3)24-17(21)19-11-8-14-4-6-15(7-5-14)20-16-9-12-25(22,23)13-10-16;14-8-5-11-1-3-12(4-2-11)15-13-6-9-18(16,17)10-7-13/h4-7,16,20H,8-13H2,1-3H3,(H,19,21);1-4,13,15H,5-10,14H2. The third kappa shape index (κ3) is 13.6. The average molecular weight is 637 g/mol. The fourth-order valence-corrected chi connectivity index (χ4v) is 7.85. The third-order valence-corrected chi connectivity index (χ3v) is 10.7. The molecule has 240 valence electrons. The first-order chi connectivity index (χ1) is 20.2. The van der Waals surface area contributed by atoms with E-state index in [0.29, 0.717) is 50.3 Å². The number of amides is 1. The SMILES string of the molecule is CC(C)(C)OC(=O)NCCc1ccc(NC2CCS(=O)(=O)CC2)cc1.NCCc1ccc(NC2CCS(=O)(=O)CC2)cc1. The number of hydrogen-bond donors (Lipinski definition) is 4. The molecule has 12 heteroatoms. The van der Waals surface area contributed by atoms with Crippen LogP contribution in [0.15, 0.2) is 48.5 Å². The van der Waals surface area contributed by atoms with Gasteiger partial charge in [0.05, 0.1) is 23.0 Å². The molecule has 0 bridgehead atoms.